The third kappa shape index (κ3) is 5.16. The van der Waals surface area contributed by atoms with Crippen LogP contribution in [0.15, 0.2) is 85.3 Å². The summed E-state index contributed by atoms with van der Waals surface area (Å²) in [6.45, 7) is 8.96. The van der Waals surface area contributed by atoms with Crippen LogP contribution in [-0.4, -0.2) is 0 Å². The van der Waals surface area contributed by atoms with Gasteiger partial charge >= 0.3 is 0 Å². The normalized spacial score (nSPS) is 26.6. The molecule has 12 heteroatoms. The Hall–Kier alpha value is 1.86. The van der Waals surface area contributed by atoms with Crippen molar-refractivity contribution >= 4 is 141 Å². The standard InChI is InChI=1S/C24H18S12/c1-9-10(2)26-17(25-9)19-33-21-22(34-19)30-15(29-21)13-5-7-14(8-6-13)16-31-23-24(32-16)36-20(35-23)18-27-11(3)12(4)28-18/h5,7H,6,8H2,1-4H3. The second-order valence-corrected chi connectivity index (χ2v) is 23.9. The molecule has 0 radical (unpaired) electrons. The quantitative estimate of drug-likeness (QED) is 0.237. The van der Waals surface area contributed by atoms with E-state index >= 15 is 0 Å². The Bertz CT molecular complexity index is 1230. The first-order valence-corrected chi connectivity index (χ1v) is 20.8. The monoisotopic (exact) mass is 690 g/mol. The third-order valence-corrected chi connectivity index (χ3v) is 23.6. The highest BCUT2D eigenvalue weighted by Gasteiger charge is 2.36. The van der Waals surface area contributed by atoms with Gasteiger partial charge in [-0.3, -0.25) is 0 Å². The molecule has 0 unspecified atom stereocenters. The molecule has 36 heavy (non-hydrogen) atoms. The van der Waals surface area contributed by atoms with Crippen LogP contribution < -0.4 is 0 Å². The summed E-state index contributed by atoms with van der Waals surface area (Å²) in [6.07, 6.45) is 7.11. The number of allylic oxidation sites excluding steroid dienone is 8. The molecule has 0 aromatic rings. The SMILES string of the molecule is CC1=C(C)SC(=C2SC3=C(SC(=C4C=CC(=C5SC6=C(S5)SC(=C5SC(C)=C(C)S5)S6)CC4)S3)S2)S1. The maximum Gasteiger partial charge on any atom is 0.0717 e. The van der Waals surface area contributed by atoms with E-state index < -0.39 is 0 Å². The summed E-state index contributed by atoms with van der Waals surface area (Å²) in [5.74, 6) is 0. The van der Waals surface area contributed by atoms with Crippen LogP contribution in [0.1, 0.15) is 40.5 Å². The molecule has 7 rings (SSSR count). The zero-order valence-corrected chi connectivity index (χ0v) is 29.3. The Balaban J connectivity index is 0.986. The molecule has 186 valence electrons. The Kier molecular flexibility index (Phi) is 8.12. The van der Waals surface area contributed by atoms with E-state index in [2.05, 4.69) is 39.8 Å². The minimum Gasteiger partial charge on any atom is -0.0849 e. The van der Waals surface area contributed by atoms with E-state index in [1.807, 2.05) is 141 Å². The minimum atomic E-state index is 1.15. The van der Waals surface area contributed by atoms with Gasteiger partial charge < -0.3 is 0 Å². The van der Waals surface area contributed by atoms with Crippen LogP contribution in [0.25, 0.3) is 0 Å². The van der Waals surface area contributed by atoms with Gasteiger partial charge in [0.1, 0.15) is 0 Å². The molecular formula is C24H18S12. The predicted molar refractivity (Wildman–Crippen MR) is 188 cm³/mol. The van der Waals surface area contributed by atoms with Gasteiger partial charge in [-0.1, -0.05) is 153 Å². The Morgan fingerprint density at radius 1 is 0.333 bits per heavy atom. The molecule has 0 aromatic carbocycles. The van der Waals surface area contributed by atoms with E-state index in [1.54, 1.807) is 0 Å². The molecule has 0 aromatic heterocycles. The van der Waals surface area contributed by atoms with Gasteiger partial charge in [0.25, 0.3) is 0 Å². The number of hydrogen-bond acceptors (Lipinski definition) is 12. The first-order chi connectivity index (χ1) is 17.4. The van der Waals surface area contributed by atoms with Crippen molar-refractivity contribution < 1.29 is 0 Å². The molecule has 6 aliphatic heterocycles. The van der Waals surface area contributed by atoms with Crippen molar-refractivity contribution in [3.8, 4) is 0 Å². The molecule has 7 aliphatic rings. The summed E-state index contributed by atoms with van der Waals surface area (Å²) in [5.41, 5.74) is 3.05. The lowest BCUT2D eigenvalue weighted by atomic mass is 10.00. The van der Waals surface area contributed by atoms with Crippen molar-refractivity contribution in [2.75, 3.05) is 0 Å². The van der Waals surface area contributed by atoms with E-state index in [0.29, 0.717) is 0 Å². The Morgan fingerprint density at radius 2 is 0.556 bits per heavy atom. The highest BCUT2D eigenvalue weighted by Crippen LogP contribution is 2.72. The van der Waals surface area contributed by atoms with Crippen LogP contribution >= 0.6 is 141 Å². The number of hydrogen-bond donors (Lipinski definition) is 0. The lowest BCUT2D eigenvalue weighted by Crippen LogP contribution is -1.93. The zero-order chi connectivity index (χ0) is 24.6. The molecule has 0 saturated carbocycles. The van der Waals surface area contributed by atoms with Crippen molar-refractivity contribution in [2.45, 2.75) is 40.5 Å². The summed E-state index contributed by atoms with van der Waals surface area (Å²) in [7, 11) is 0. The van der Waals surface area contributed by atoms with Crippen molar-refractivity contribution in [3.05, 3.63) is 85.3 Å². The molecule has 0 nitrogen and oxygen atoms in total. The van der Waals surface area contributed by atoms with Crippen LogP contribution in [-0.2, 0) is 0 Å². The topological polar surface area (TPSA) is 0 Å². The Labute approximate surface area is 263 Å². The lowest BCUT2D eigenvalue weighted by molar-refractivity contribution is 0.949. The van der Waals surface area contributed by atoms with Crippen LogP contribution in [0.3, 0.4) is 0 Å². The highest BCUT2D eigenvalue weighted by atomic mass is 32.3. The molecule has 0 spiro atoms. The van der Waals surface area contributed by atoms with Crippen molar-refractivity contribution in [1.82, 2.24) is 0 Å². The van der Waals surface area contributed by atoms with Gasteiger partial charge in [-0.15, -0.1) is 0 Å². The molecular weight excluding hydrogens is 673 g/mol. The van der Waals surface area contributed by atoms with Crippen LogP contribution in [0.5, 0.6) is 0 Å². The van der Waals surface area contributed by atoms with E-state index in [1.165, 1.54) is 73.1 Å². The Morgan fingerprint density at radius 3 is 0.806 bits per heavy atom. The molecule has 0 bridgehead atoms. The van der Waals surface area contributed by atoms with Crippen molar-refractivity contribution in [2.24, 2.45) is 0 Å². The van der Waals surface area contributed by atoms with Crippen LogP contribution in [0.2, 0.25) is 0 Å². The maximum absolute atomic E-state index is 2.40. The largest absolute Gasteiger partial charge is 0.0849 e. The zero-order valence-electron chi connectivity index (χ0n) is 19.5. The van der Waals surface area contributed by atoms with Gasteiger partial charge in [0.05, 0.1) is 42.4 Å². The second-order valence-electron chi connectivity index (χ2n) is 8.21. The smallest absolute Gasteiger partial charge is 0.0717 e. The second kappa shape index (κ2) is 10.9. The van der Waals surface area contributed by atoms with Crippen molar-refractivity contribution in [1.29, 1.82) is 0 Å². The summed E-state index contributed by atoms with van der Waals surface area (Å²) < 4.78 is 14.9. The fourth-order valence-electron chi connectivity index (χ4n) is 3.63. The van der Waals surface area contributed by atoms with Gasteiger partial charge in [0.15, 0.2) is 0 Å². The van der Waals surface area contributed by atoms with Gasteiger partial charge in [0, 0.05) is 0 Å². The summed E-state index contributed by atoms with van der Waals surface area (Å²) in [5, 5.41) is 0. The first kappa shape index (κ1) is 26.7. The van der Waals surface area contributed by atoms with E-state index in [-0.39, 0.29) is 0 Å². The van der Waals surface area contributed by atoms with E-state index in [4.69, 9.17) is 0 Å². The molecule has 0 amide bonds. The fraction of sp³-hybridized carbons (Fsp3) is 0.250. The van der Waals surface area contributed by atoms with E-state index in [9.17, 15) is 0 Å². The summed E-state index contributed by atoms with van der Waals surface area (Å²) in [4.78, 5) is 5.83. The number of rotatable bonds is 0. The van der Waals surface area contributed by atoms with Gasteiger partial charge in [-0.25, -0.2) is 0 Å². The van der Waals surface area contributed by atoms with Crippen molar-refractivity contribution in [3.63, 3.8) is 0 Å². The average Bonchev–Trinajstić information content (AvgIpc) is 3.66. The minimum absolute atomic E-state index is 1.15. The molecule has 0 fully saturated rings. The van der Waals surface area contributed by atoms with Gasteiger partial charge in [-0.2, -0.15) is 0 Å². The van der Waals surface area contributed by atoms with Gasteiger partial charge in [-0.05, 0) is 71.3 Å². The van der Waals surface area contributed by atoms with Gasteiger partial charge in [0.2, 0.25) is 0 Å². The maximum atomic E-state index is 2.40. The molecule has 6 heterocycles. The third-order valence-electron chi connectivity index (χ3n) is 5.80. The molecule has 0 saturated heterocycles. The van der Waals surface area contributed by atoms with E-state index in [0.717, 1.165) is 12.8 Å². The predicted octanol–water partition coefficient (Wildman–Crippen LogP) is 13.6. The molecule has 0 N–H and O–H groups in total. The first-order valence-electron chi connectivity index (χ1n) is 11.0. The number of thioether (sulfide) groups is 12. The summed E-state index contributed by atoms with van der Waals surface area (Å²) >= 11 is 23.8. The average molecular weight is 691 g/mol. The molecule has 0 atom stereocenters. The fourth-order valence-corrected chi connectivity index (χ4v) is 22.1. The summed E-state index contributed by atoms with van der Waals surface area (Å²) in [6, 6.07) is 0. The molecule has 1 aliphatic carbocycles. The van der Waals surface area contributed by atoms with Crippen LogP contribution in [0.4, 0.5) is 0 Å². The van der Waals surface area contributed by atoms with Crippen LogP contribution in [0, 0.1) is 0 Å². The lowest BCUT2D eigenvalue weighted by Gasteiger charge is -2.16. The highest BCUT2D eigenvalue weighted by molar-refractivity contribution is 8.50.